The van der Waals surface area contributed by atoms with E-state index in [9.17, 15) is 4.79 Å². The Labute approximate surface area is 164 Å². The van der Waals surface area contributed by atoms with Gasteiger partial charge in [0.05, 0.1) is 19.8 Å². The number of amides is 1. The van der Waals surface area contributed by atoms with Crippen LogP contribution in [0.3, 0.4) is 0 Å². The predicted octanol–water partition coefficient (Wildman–Crippen LogP) is 3.36. The summed E-state index contributed by atoms with van der Waals surface area (Å²) in [6.07, 6.45) is 1.94. The SMILES string of the molecule is COC1(c2cccc(C(=O)Nc3nn(Cc4ccccc4)cc3C)c2)COC1. The fourth-order valence-corrected chi connectivity index (χ4v) is 3.31. The van der Waals surface area contributed by atoms with Crippen LogP contribution in [0.4, 0.5) is 5.82 Å². The number of hydrogen-bond donors (Lipinski definition) is 1. The lowest BCUT2D eigenvalue weighted by atomic mass is 9.90. The van der Waals surface area contributed by atoms with Crippen molar-refractivity contribution in [3.8, 4) is 0 Å². The molecule has 0 radical (unpaired) electrons. The van der Waals surface area contributed by atoms with Crippen LogP contribution in [0.15, 0.2) is 60.8 Å². The molecule has 6 nitrogen and oxygen atoms in total. The highest BCUT2D eigenvalue weighted by Crippen LogP contribution is 2.33. The van der Waals surface area contributed by atoms with Crippen LogP contribution in [0.1, 0.15) is 27.0 Å². The zero-order valence-electron chi connectivity index (χ0n) is 16.0. The number of carbonyl (C=O) groups is 1. The molecule has 6 heteroatoms. The molecular weight excluding hydrogens is 354 g/mol. The molecule has 0 unspecified atom stereocenters. The minimum atomic E-state index is -0.455. The van der Waals surface area contributed by atoms with Gasteiger partial charge in [0.15, 0.2) is 5.82 Å². The van der Waals surface area contributed by atoms with Crippen molar-refractivity contribution in [2.75, 3.05) is 25.6 Å². The van der Waals surface area contributed by atoms with Crippen molar-refractivity contribution < 1.29 is 14.3 Å². The van der Waals surface area contributed by atoms with Gasteiger partial charge in [-0.1, -0.05) is 42.5 Å². The molecule has 3 aromatic rings. The number of ether oxygens (including phenoxy) is 2. The van der Waals surface area contributed by atoms with E-state index >= 15 is 0 Å². The summed E-state index contributed by atoms with van der Waals surface area (Å²) in [6.45, 7) is 3.59. The van der Waals surface area contributed by atoms with Gasteiger partial charge < -0.3 is 14.8 Å². The van der Waals surface area contributed by atoms with Gasteiger partial charge in [-0.05, 0) is 30.2 Å². The zero-order chi connectivity index (χ0) is 19.6. The van der Waals surface area contributed by atoms with Crippen LogP contribution in [0.2, 0.25) is 0 Å². The number of aryl methyl sites for hydroxylation is 1. The number of benzene rings is 2. The Hall–Kier alpha value is -2.96. The lowest BCUT2D eigenvalue weighted by molar-refractivity contribution is -0.202. The van der Waals surface area contributed by atoms with E-state index in [4.69, 9.17) is 9.47 Å². The summed E-state index contributed by atoms with van der Waals surface area (Å²) in [5.41, 5.74) is 3.13. The van der Waals surface area contributed by atoms with E-state index < -0.39 is 5.60 Å². The minimum absolute atomic E-state index is 0.193. The predicted molar refractivity (Wildman–Crippen MR) is 106 cm³/mol. The van der Waals surface area contributed by atoms with Gasteiger partial charge in [0, 0.05) is 24.4 Å². The van der Waals surface area contributed by atoms with Crippen molar-refractivity contribution in [2.24, 2.45) is 0 Å². The summed E-state index contributed by atoms with van der Waals surface area (Å²) in [5, 5.41) is 7.45. The quantitative estimate of drug-likeness (QED) is 0.715. The number of anilines is 1. The number of hydrogen-bond acceptors (Lipinski definition) is 4. The normalized spacial score (nSPS) is 15.1. The monoisotopic (exact) mass is 377 g/mol. The first-order valence-corrected chi connectivity index (χ1v) is 9.22. The van der Waals surface area contributed by atoms with Gasteiger partial charge in [-0.2, -0.15) is 5.10 Å². The molecule has 0 spiro atoms. The van der Waals surface area contributed by atoms with Crippen molar-refractivity contribution in [1.82, 2.24) is 9.78 Å². The maximum atomic E-state index is 12.8. The fraction of sp³-hybridized carbons (Fsp3) is 0.273. The molecule has 1 aromatic heterocycles. The van der Waals surface area contributed by atoms with Crippen LogP contribution in [0.25, 0.3) is 0 Å². The second kappa shape index (κ2) is 7.58. The summed E-state index contributed by atoms with van der Waals surface area (Å²) in [5.74, 6) is 0.376. The molecule has 144 valence electrons. The number of nitrogens with one attached hydrogen (secondary N) is 1. The molecule has 28 heavy (non-hydrogen) atoms. The summed E-state index contributed by atoms with van der Waals surface area (Å²) >= 11 is 0. The smallest absolute Gasteiger partial charge is 0.256 e. The Morgan fingerprint density at radius 3 is 2.68 bits per heavy atom. The van der Waals surface area contributed by atoms with Crippen LogP contribution in [-0.2, 0) is 21.6 Å². The average molecular weight is 377 g/mol. The molecule has 1 aliphatic rings. The van der Waals surface area contributed by atoms with Gasteiger partial charge in [-0.3, -0.25) is 9.48 Å². The Balaban J connectivity index is 1.50. The largest absolute Gasteiger partial charge is 0.375 e. The van der Waals surface area contributed by atoms with Crippen molar-refractivity contribution >= 4 is 11.7 Å². The van der Waals surface area contributed by atoms with Crippen LogP contribution < -0.4 is 5.32 Å². The molecule has 2 aromatic carbocycles. The van der Waals surface area contributed by atoms with Crippen molar-refractivity contribution in [3.05, 3.63) is 83.0 Å². The molecule has 1 N–H and O–H groups in total. The highest BCUT2D eigenvalue weighted by molar-refractivity contribution is 6.04. The van der Waals surface area contributed by atoms with Crippen LogP contribution >= 0.6 is 0 Å². The maximum absolute atomic E-state index is 12.8. The number of aromatic nitrogens is 2. The second-order valence-electron chi connectivity index (χ2n) is 7.07. The lowest BCUT2D eigenvalue weighted by Gasteiger charge is -2.40. The minimum Gasteiger partial charge on any atom is -0.375 e. The molecule has 0 saturated carbocycles. The number of nitrogens with zero attached hydrogens (tertiary/aromatic N) is 2. The average Bonchev–Trinajstić information content (AvgIpc) is 3.01. The third-order valence-electron chi connectivity index (χ3n) is 5.08. The first-order chi connectivity index (χ1) is 13.6. The third kappa shape index (κ3) is 3.56. The van der Waals surface area contributed by atoms with Gasteiger partial charge in [0.1, 0.15) is 5.60 Å². The first kappa shape index (κ1) is 18.4. The Bertz CT molecular complexity index is 972. The molecular formula is C22H23N3O3. The molecule has 0 aliphatic carbocycles. The van der Waals surface area contributed by atoms with Gasteiger partial charge in [0.2, 0.25) is 0 Å². The molecule has 4 rings (SSSR count). The lowest BCUT2D eigenvalue weighted by Crippen LogP contribution is -2.48. The first-order valence-electron chi connectivity index (χ1n) is 9.22. The molecule has 1 fully saturated rings. The third-order valence-corrected chi connectivity index (χ3v) is 5.08. The topological polar surface area (TPSA) is 65.4 Å². The van der Waals surface area contributed by atoms with E-state index in [1.165, 1.54) is 0 Å². The van der Waals surface area contributed by atoms with E-state index in [0.717, 1.165) is 16.7 Å². The molecule has 2 heterocycles. The van der Waals surface area contributed by atoms with E-state index in [2.05, 4.69) is 22.5 Å². The Morgan fingerprint density at radius 2 is 2.00 bits per heavy atom. The van der Waals surface area contributed by atoms with Crippen molar-refractivity contribution in [3.63, 3.8) is 0 Å². The standard InChI is InChI=1S/C22H23N3O3/c1-16-12-25(13-17-7-4-3-5-8-17)24-20(16)23-21(26)18-9-6-10-19(11-18)22(27-2)14-28-15-22/h3-12H,13-15H2,1-2H3,(H,23,24,26). The zero-order valence-corrected chi connectivity index (χ0v) is 16.0. The van der Waals surface area contributed by atoms with Crippen LogP contribution in [0.5, 0.6) is 0 Å². The van der Waals surface area contributed by atoms with Crippen molar-refractivity contribution in [1.29, 1.82) is 0 Å². The molecule has 1 amide bonds. The molecule has 1 aliphatic heterocycles. The molecule has 1 saturated heterocycles. The van der Waals surface area contributed by atoms with Gasteiger partial charge in [-0.25, -0.2) is 0 Å². The molecule has 0 atom stereocenters. The van der Waals surface area contributed by atoms with E-state index in [1.54, 1.807) is 13.2 Å². The second-order valence-corrected chi connectivity index (χ2v) is 7.07. The highest BCUT2D eigenvalue weighted by Gasteiger charge is 2.40. The van der Waals surface area contributed by atoms with Crippen LogP contribution in [0, 0.1) is 6.92 Å². The van der Waals surface area contributed by atoms with Crippen molar-refractivity contribution in [2.45, 2.75) is 19.1 Å². The summed E-state index contributed by atoms with van der Waals surface area (Å²) in [7, 11) is 1.66. The number of rotatable bonds is 6. The summed E-state index contributed by atoms with van der Waals surface area (Å²) in [6, 6.07) is 17.6. The number of methoxy groups -OCH3 is 1. The van der Waals surface area contributed by atoms with Gasteiger partial charge in [-0.15, -0.1) is 0 Å². The van der Waals surface area contributed by atoms with E-state index in [-0.39, 0.29) is 5.91 Å². The Morgan fingerprint density at radius 1 is 1.21 bits per heavy atom. The maximum Gasteiger partial charge on any atom is 0.256 e. The number of carbonyl (C=O) groups excluding carboxylic acids is 1. The highest BCUT2D eigenvalue weighted by atomic mass is 16.6. The summed E-state index contributed by atoms with van der Waals surface area (Å²) in [4.78, 5) is 12.8. The molecule has 0 bridgehead atoms. The van der Waals surface area contributed by atoms with E-state index in [1.807, 2.05) is 54.2 Å². The van der Waals surface area contributed by atoms with Crippen LogP contribution in [-0.4, -0.2) is 36.0 Å². The van der Waals surface area contributed by atoms with E-state index in [0.29, 0.717) is 31.1 Å². The Kier molecular flexibility index (Phi) is 4.98. The summed E-state index contributed by atoms with van der Waals surface area (Å²) < 4.78 is 12.8. The van der Waals surface area contributed by atoms with Gasteiger partial charge >= 0.3 is 0 Å². The van der Waals surface area contributed by atoms with Gasteiger partial charge in [0.25, 0.3) is 5.91 Å². The fourth-order valence-electron chi connectivity index (χ4n) is 3.31.